The molecular weight excluding hydrogens is 208 g/mol. The minimum absolute atomic E-state index is 0.401. The van der Waals surface area contributed by atoms with Gasteiger partial charge in [0.25, 0.3) is 0 Å². The molecule has 1 aromatic heterocycles. The molecule has 1 N–H and O–H groups in total. The third kappa shape index (κ3) is 2.53. The van der Waals surface area contributed by atoms with Crippen molar-refractivity contribution in [1.82, 2.24) is 9.78 Å². The van der Waals surface area contributed by atoms with E-state index in [4.69, 9.17) is 0 Å². The molecule has 1 unspecified atom stereocenters. The molecule has 0 amide bonds. The Labute approximate surface area is 94.2 Å². The number of hydrogen-bond donors (Lipinski definition) is 1. The number of nitrogens with zero attached hydrogens (tertiary/aromatic N) is 3. The Bertz CT molecular complexity index is 369. The summed E-state index contributed by atoms with van der Waals surface area (Å²) < 4.78 is 1.94. The minimum atomic E-state index is 0.401. The summed E-state index contributed by atoms with van der Waals surface area (Å²) in [5.41, 5.74) is 1.02. The standard InChI is InChI=1S/C10H16N4S/c1-7(2)14-6-9(5-12-14)13-10-11-4-8(3)15-10/h5-8H,4H2,1-3H3,(H,11,13). The van der Waals surface area contributed by atoms with Crippen LogP contribution in [-0.4, -0.2) is 26.7 Å². The maximum Gasteiger partial charge on any atom is 0.161 e. The van der Waals surface area contributed by atoms with E-state index in [-0.39, 0.29) is 0 Å². The third-order valence-corrected chi connectivity index (χ3v) is 3.19. The predicted molar refractivity (Wildman–Crippen MR) is 65.6 cm³/mol. The Morgan fingerprint density at radius 1 is 1.60 bits per heavy atom. The lowest BCUT2D eigenvalue weighted by molar-refractivity contribution is 0.532. The van der Waals surface area contributed by atoms with Gasteiger partial charge in [0.1, 0.15) is 0 Å². The molecule has 1 atom stereocenters. The summed E-state index contributed by atoms with van der Waals surface area (Å²) in [5.74, 6) is 0. The van der Waals surface area contributed by atoms with Crippen LogP contribution in [0.15, 0.2) is 17.4 Å². The summed E-state index contributed by atoms with van der Waals surface area (Å²) in [6.45, 7) is 7.31. The number of nitrogens with one attached hydrogen (secondary N) is 1. The van der Waals surface area contributed by atoms with Crippen LogP contribution in [0.5, 0.6) is 0 Å². The molecule has 2 heterocycles. The fraction of sp³-hybridized carbons (Fsp3) is 0.600. The molecule has 5 heteroatoms. The molecule has 15 heavy (non-hydrogen) atoms. The molecule has 0 fully saturated rings. The van der Waals surface area contributed by atoms with Gasteiger partial charge in [-0.25, -0.2) is 0 Å². The summed E-state index contributed by atoms with van der Waals surface area (Å²) in [5, 5.41) is 9.14. The van der Waals surface area contributed by atoms with Crippen molar-refractivity contribution in [2.75, 3.05) is 11.9 Å². The molecule has 0 bridgehead atoms. The van der Waals surface area contributed by atoms with E-state index in [1.807, 2.05) is 17.1 Å². The van der Waals surface area contributed by atoms with Crippen molar-refractivity contribution in [2.45, 2.75) is 32.1 Å². The lowest BCUT2D eigenvalue weighted by Gasteiger charge is -2.04. The molecule has 4 nitrogen and oxygen atoms in total. The van der Waals surface area contributed by atoms with Crippen molar-refractivity contribution in [3.05, 3.63) is 12.4 Å². The number of rotatable bonds is 2. The smallest absolute Gasteiger partial charge is 0.161 e. The van der Waals surface area contributed by atoms with Crippen LogP contribution in [0.3, 0.4) is 0 Å². The Morgan fingerprint density at radius 3 is 2.93 bits per heavy atom. The molecule has 0 aromatic carbocycles. The number of thioether (sulfide) groups is 1. The minimum Gasteiger partial charge on any atom is -0.332 e. The van der Waals surface area contributed by atoms with Gasteiger partial charge in [0.2, 0.25) is 0 Å². The summed E-state index contributed by atoms with van der Waals surface area (Å²) >= 11 is 1.78. The average Bonchev–Trinajstić information content (AvgIpc) is 2.76. The lowest BCUT2D eigenvalue weighted by Crippen LogP contribution is -2.05. The molecule has 0 radical (unpaired) electrons. The second-order valence-electron chi connectivity index (χ2n) is 4.00. The highest BCUT2D eigenvalue weighted by Crippen LogP contribution is 2.22. The fourth-order valence-corrected chi connectivity index (χ4v) is 2.21. The van der Waals surface area contributed by atoms with Crippen molar-refractivity contribution in [3.8, 4) is 0 Å². The van der Waals surface area contributed by atoms with Crippen LogP contribution in [0.2, 0.25) is 0 Å². The average molecular weight is 224 g/mol. The highest BCUT2D eigenvalue weighted by molar-refractivity contribution is 8.15. The van der Waals surface area contributed by atoms with E-state index in [2.05, 4.69) is 36.2 Å². The summed E-state index contributed by atoms with van der Waals surface area (Å²) in [6, 6.07) is 0.401. The first kappa shape index (κ1) is 10.5. The highest BCUT2D eigenvalue weighted by atomic mass is 32.2. The largest absolute Gasteiger partial charge is 0.332 e. The van der Waals surface area contributed by atoms with Crippen LogP contribution in [0.1, 0.15) is 26.8 Å². The van der Waals surface area contributed by atoms with Crippen molar-refractivity contribution in [1.29, 1.82) is 0 Å². The van der Waals surface area contributed by atoms with Gasteiger partial charge in [-0.2, -0.15) is 5.10 Å². The van der Waals surface area contributed by atoms with Crippen LogP contribution in [0, 0.1) is 0 Å². The van der Waals surface area contributed by atoms with Crippen molar-refractivity contribution in [3.63, 3.8) is 0 Å². The highest BCUT2D eigenvalue weighted by Gasteiger charge is 2.15. The zero-order valence-electron chi connectivity index (χ0n) is 9.27. The van der Waals surface area contributed by atoms with Gasteiger partial charge in [0, 0.05) is 17.5 Å². The maximum atomic E-state index is 4.40. The van der Waals surface area contributed by atoms with Gasteiger partial charge in [0.15, 0.2) is 5.17 Å². The SMILES string of the molecule is CC1CN=C(Nc2cnn(C(C)C)c2)S1. The van der Waals surface area contributed by atoms with Gasteiger partial charge in [-0.05, 0) is 13.8 Å². The Morgan fingerprint density at radius 2 is 2.40 bits per heavy atom. The van der Waals surface area contributed by atoms with E-state index in [1.54, 1.807) is 11.8 Å². The van der Waals surface area contributed by atoms with Gasteiger partial charge >= 0.3 is 0 Å². The quantitative estimate of drug-likeness (QED) is 0.838. The van der Waals surface area contributed by atoms with Gasteiger partial charge in [-0.3, -0.25) is 9.67 Å². The second kappa shape index (κ2) is 4.26. The first-order valence-corrected chi connectivity index (χ1v) is 6.05. The van der Waals surface area contributed by atoms with Gasteiger partial charge in [0.05, 0.1) is 18.4 Å². The number of aromatic nitrogens is 2. The lowest BCUT2D eigenvalue weighted by atomic mass is 10.4. The molecule has 0 aliphatic carbocycles. The number of aliphatic imine (C=N–C) groups is 1. The zero-order valence-corrected chi connectivity index (χ0v) is 10.1. The van der Waals surface area contributed by atoms with Crippen molar-refractivity contribution in [2.24, 2.45) is 4.99 Å². The maximum absolute atomic E-state index is 4.40. The monoisotopic (exact) mass is 224 g/mol. The molecule has 0 saturated carbocycles. The van der Waals surface area contributed by atoms with E-state index in [0.29, 0.717) is 11.3 Å². The predicted octanol–water partition coefficient (Wildman–Crippen LogP) is 2.37. The zero-order chi connectivity index (χ0) is 10.8. The molecule has 1 aliphatic heterocycles. The van der Waals surface area contributed by atoms with Crippen molar-refractivity contribution >= 4 is 22.6 Å². The molecule has 2 rings (SSSR count). The van der Waals surface area contributed by atoms with E-state index >= 15 is 0 Å². The van der Waals surface area contributed by atoms with Crippen LogP contribution >= 0.6 is 11.8 Å². The van der Waals surface area contributed by atoms with Crippen molar-refractivity contribution < 1.29 is 0 Å². The first-order chi connectivity index (χ1) is 7.15. The van der Waals surface area contributed by atoms with Crippen LogP contribution in [-0.2, 0) is 0 Å². The van der Waals surface area contributed by atoms with Gasteiger partial charge in [-0.15, -0.1) is 0 Å². The topological polar surface area (TPSA) is 42.2 Å². The van der Waals surface area contributed by atoms with Gasteiger partial charge < -0.3 is 5.32 Å². The molecular formula is C10H16N4S. The molecule has 1 aliphatic rings. The number of hydrogen-bond acceptors (Lipinski definition) is 4. The van der Waals surface area contributed by atoms with Crippen LogP contribution in [0.4, 0.5) is 5.69 Å². The van der Waals surface area contributed by atoms with E-state index in [0.717, 1.165) is 17.4 Å². The summed E-state index contributed by atoms with van der Waals surface area (Å²) in [6.07, 6.45) is 3.85. The van der Waals surface area contributed by atoms with Crippen LogP contribution < -0.4 is 5.32 Å². The molecule has 1 aromatic rings. The van der Waals surface area contributed by atoms with Gasteiger partial charge in [-0.1, -0.05) is 18.7 Å². The van der Waals surface area contributed by atoms with E-state index in [1.165, 1.54) is 0 Å². The molecule has 0 spiro atoms. The number of anilines is 1. The summed E-state index contributed by atoms with van der Waals surface area (Å²) in [7, 11) is 0. The Kier molecular flexibility index (Phi) is 3.00. The Hall–Kier alpha value is -0.970. The molecule has 82 valence electrons. The second-order valence-corrected chi connectivity index (χ2v) is 5.43. The van der Waals surface area contributed by atoms with E-state index < -0.39 is 0 Å². The summed E-state index contributed by atoms with van der Waals surface area (Å²) in [4.78, 5) is 4.40. The third-order valence-electron chi connectivity index (χ3n) is 2.19. The Balaban J connectivity index is 1.99. The normalized spacial score (nSPS) is 20.8. The first-order valence-electron chi connectivity index (χ1n) is 5.17. The fourth-order valence-electron chi connectivity index (χ4n) is 1.35. The molecule has 0 saturated heterocycles. The number of amidine groups is 1. The van der Waals surface area contributed by atoms with Crippen LogP contribution in [0.25, 0.3) is 0 Å². The van der Waals surface area contributed by atoms with E-state index in [9.17, 15) is 0 Å².